The first-order valence-electron chi connectivity index (χ1n) is 7.48. The van der Waals surface area contributed by atoms with Gasteiger partial charge in [-0.05, 0) is 38.1 Å². The quantitative estimate of drug-likeness (QED) is 0.832. The Morgan fingerprint density at radius 1 is 1.10 bits per heavy atom. The van der Waals surface area contributed by atoms with Crippen LogP contribution in [0.3, 0.4) is 0 Å². The van der Waals surface area contributed by atoms with E-state index in [1.807, 2.05) is 18.5 Å². The lowest BCUT2D eigenvalue weighted by Gasteiger charge is -2.36. The Kier molecular flexibility index (Phi) is 4.18. The molecule has 0 atom stereocenters. The van der Waals surface area contributed by atoms with Crippen LogP contribution in [-0.2, 0) is 0 Å². The van der Waals surface area contributed by atoms with Crippen LogP contribution in [0.2, 0.25) is 0 Å². The van der Waals surface area contributed by atoms with Crippen molar-refractivity contribution in [1.82, 2.24) is 14.3 Å². The highest BCUT2D eigenvalue weighted by atomic mass is 15.3. The summed E-state index contributed by atoms with van der Waals surface area (Å²) in [5.41, 5.74) is 6.57. The molecule has 2 aromatic heterocycles. The minimum atomic E-state index is 0.808. The lowest BCUT2D eigenvalue weighted by Crippen LogP contribution is -2.47. The normalized spacial score (nSPS) is 16.9. The van der Waals surface area contributed by atoms with Crippen LogP contribution >= 0.6 is 0 Å². The standard InChI is InChI=1S/C15H23N5/c16-6-1-2-8-18-10-12-19(13-11-18)15-5-3-4-14-17-7-9-20(14)15/h3-5,7,9H,1-2,6,8,10-13,16H2. The van der Waals surface area contributed by atoms with Crippen molar-refractivity contribution in [2.75, 3.05) is 44.2 Å². The van der Waals surface area contributed by atoms with Crippen molar-refractivity contribution in [3.05, 3.63) is 30.6 Å². The van der Waals surface area contributed by atoms with Crippen LogP contribution in [-0.4, -0.2) is 53.6 Å². The van der Waals surface area contributed by atoms with Gasteiger partial charge in [-0.15, -0.1) is 0 Å². The van der Waals surface area contributed by atoms with Gasteiger partial charge in [-0.3, -0.25) is 9.30 Å². The summed E-state index contributed by atoms with van der Waals surface area (Å²) >= 11 is 0. The summed E-state index contributed by atoms with van der Waals surface area (Å²) in [4.78, 5) is 9.35. The number of hydrogen-bond donors (Lipinski definition) is 1. The fraction of sp³-hybridized carbons (Fsp3) is 0.533. The zero-order valence-corrected chi connectivity index (χ0v) is 11.9. The minimum absolute atomic E-state index is 0.808. The molecule has 1 aliphatic rings. The van der Waals surface area contributed by atoms with E-state index in [1.54, 1.807) is 0 Å². The molecule has 0 aromatic carbocycles. The fourth-order valence-corrected chi connectivity index (χ4v) is 2.87. The third-order valence-corrected chi connectivity index (χ3v) is 4.03. The second-order valence-corrected chi connectivity index (χ2v) is 5.36. The molecule has 3 rings (SSSR count). The lowest BCUT2D eigenvalue weighted by molar-refractivity contribution is 0.253. The van der Waals surface area contributed by atoms with E-state index in [2.05, 4.69) is 31.3 Å². The largest absolute Gasteiger partial charge is 0.355 e. The van der Waals surface area contributed by atoms with Crippen LogP contribution in [0.25, 0.3) is 5.65 Å². The van der Waals surface area contributed by atoms with Gasteiger partial charge in [0.05, 0.1) is 0 Å². The molecule has 0 unspecified atom stereocenters. The van der Waals surface area contributed by atoms with Crippen molar-refractivity contribution in [3.63, 3.8) is 0 Å². The summed E-state index contributed by atoms with van der Waals surface area (Å²) in [5, 5.41) is 0. The van der Waals surface area contributed by atoms with Crippen molar-refractivity contribution in [2.45, 2.75) is 12.8 Å². The molecule has 0 amide bonds. The van der Waals surface area contributed by atoms with Gasteiger partial charge in [-0.1, -0.05) is 6.07 Å². The molecule has 1 saturated heterocycles. The number of piperazine rings is 1. The lowest BCUT2D eigenvalue weighted by atomic mass is 10.2. The van der Waals surface area contributed by atoms with Crippen molar-refractivity contribution in [1.29, 1.82) is 0 Å². The van der Waals surface area contributed by atoms with Crippen molar-refractivity contribution in [2.24, 2.45) is 5.73 Å². The predicted octanol–water partition coefficient (Wildman–Crippen LogP) is 1.20. The molecule has 20 heavy (non-hydrogen) atoms. The maximum absolute atomic E-state index is 5.55. The molecule has 1 aliphatic heterocycles. The molecule has 0 aliphatic carbocycles. The molecular weight excluding hydrogens is 250 g/mol. The first-order valence-corrected chi connectivity index (χ1v) is 7.48. The summed E-state index contributed by atoms with van der Waals surface area (Å²) in [6.45, 7) is 6.42. The average molecular weight is 273 g/mol. The van der Waals surface area contributed by atoms with Crippen molar-refractivity contribution < 1.29 is 0 Å². The van der Waals surface area contributed by atoms with Crippen LogP contribution in [0, 0.1) is 0 Å². The zero-order valence-electron chi connectivity index (χ0n) is 11.9. The summed E-state index contributed by atoms with van der Waals surface area (Å²) in [6, 6.07) is 6.32. The van der Waals surface area contributed by atoms with E-state index in [1.165, 1.54) is 18.8 Å². The van der Waals surface area contributed by atoms with Gasteiger partial charge in [-0.25, -0.2) is 4.98 Å². The molecule has 5 nitrogen and oxygen atoms in total. The minimum Gasteiger partial charge on any atom is -0.355 e. The van der Waals surface area contributed by atoms with E-state index >= 15 is 0 Å². The van der Waals surface area contributed by atoms with Crippen LogP contribution < -0.4 is 10.6 Å². The highest BCUT2D eigenvalue weighted by Gasteiger charge is 2.18. The predicted molar refractivity (Wildman–Crippen MR) is 82.1 cm³/mol. The van der Waals surface area contributed by atoms with E-state index in [0.29, 0.717) is 0 Å². The van der Waals surface area contributed by atoms with Crippen LogP contribution in [0.1, 0.15) is 12.8 Å². The number of anilines is 1. The number of rotatable bonds is 5. The second kappa shape index (κ2) is 6.24. The highest BCUT2D eigenvalue weighted by molar-refractivity contribution is 5.51. The Balaban J connectivity index is 1.62. The number of pyridine rings is 1. The number of unbranched alkanes of at least 4 members (excludes halogenated alkanes) is 1. The molecule has 0 spiro atoms. The van der Waals surface area contributed by atoms with E-state index < -0.39 is 0 Å². The molecule has 108 valence electrons. The number of nitrogens with zero attached hydrogens (tertiary/aromatic N) is 4. The van der Waals surface area contributed by atoms with Crippen molar-refractivity contribution >= 4 is 11.5 Å². The first kappa shape index (κ1) is 13.4. The number of fused-ring (bicyclic) bond motifs is 1. The molecule has 0 bridgehead atoms. The summed E-state index contributed by atoms with van der Waals surface area (Å²) in [7, 11) is 0. The Labute approximate surface area is 120 Å². The van der Waals surface area contributed by atoms with Gasteiger partial charge in [-0.2, -0.15) is 0 Å². The summed E-state index contributed by atoms with van der Waals surface area (Å²) in [6.07, 6.45) is 6.25. The molecule has 2 N–H and O–H groups in total. The van der Waals surface area contributed by atoms with Crippen LogP contribution in [0.4, 0.5) is 5.82 Å². The maximum Gasteiger partial charge on any atom is 0.138 e. The van der Waals surface area contributed by atoms with Gasteiger partial charge >= 0.3 is 0 Å². The van der Waals surface area contributed by atoms with E-state index in [0.717, 1.165) is 44.8 Å². The van der Waals surface area contributed by atoms with E-state index in [4.69, 9.17) is 5.73 Å². The number of imidazole rings is 1. The summed E-state index contributed by atoms with van der Waals surface area (Å²) in [5.74, 6) is 1.25. The maximum atomic E-state index is 5.55. The molecule has 1 fully saturated rings. The highest BCUT2D eigenvalue weighted by Crippen LogP contribution is 2.18. The van der Waals surface area contributed by atoms with Gasteiger partial charge < -0.3 is 10.6 Å². The Bertz CT molecular complexity index is 542. The first-order chi connectivity index (χ1) is 9.88. The Morgan fingerprint density at radius 3 is 2.75 bits per heavy atom. The monoisotopic (exact) mass is 273 g/mol. The van der Waals surface area contributed by atoms with Gasteiger partial charge in [0.1, 0.15) is 11.5 Å². The molecular formula is C15H23N5. The molecule has 0 saturated carbocycles. The molecule has 3 heterocycles. The van der Waals surface area contributed by atoms with Gasteiger partial charge in [0.25, 0.3) is 0 Å². The fourth-order valence-electron chi connectivity index (χ4n) is 2.87. The van der Waals surface area contributed by atoms with Gasteiger partial charge in [0.2, 0.25) is 0 Å². The molecule has 2 aromatic rings. The van der Waals surface area contributed by atoms with Gasteiger partial charge in [0.15, 0.2) is 0 Å². The topological polar surface area (TPSA) is 49.8 Å². The molecule has 5 heteroatoms. The smallest absolute Gasteiger partial charge is 0.138 e. The number of nitrogens with two attached hydrogens (primary N) is 1. The Hall–Kier alpha value is -1.59. The Morgan fingerprint density at radius 2 is 1.95 bits per heavy atom. The third-order valence-electron chi connectivity index (χ3n) is 4.03. The number of aromatic nitrogens is 2. The number of hydrogen-bond acceptors (Lipinski definition) is 4. The molecule has 0 radical (unpaired) electrons. The van der Waals surface area contributed by atoms with Crippen LogP contribution in [0.5, 0.6) is 0 Å². The average Bonchev–Trinajstić information content (AvgIpc) is 2.97. The second-order valence-electron chi connectivity index (χ2n) is 5.36. The third kappa shape index (κ3) is 2.78. The summed E-state index contributed by atoms with van der Waals surface area (Å²) < 4.78 is 2.17. The van der Waals surface area contributed by atoms with Crippen molar-refractivity contribution in [3.8, 4) is 0 Å². The van der Waals surface area contributed by atoms with E-state index in [9.17, 15) is 0 Å². The zero-order chi connectivity index (χ0) is 13.8. The SMILES string of the molecule is NCCCCN1CCN(c2cccc3nccn23)CC1. The van der Waals surface area contributed by atoms with Gasteiger partial charge in [0, 0.05) is 38.6 Å². The van der Waals surface area contributed by atoms with E-state index in [-0.39, 0.29) is 0 Å². The van der Waals surface area contributed by atoms with Crippen LogP contribution in [0.15, 0.2) is 30.6 Å².